The van der Waals surface area contributed by atoms with Crippen LogP contribution in [0.2, 0.25) is 0 Å². The van der Waals surface area contributed by atoms with Gasteiger partial charge in [-0.05, 0) is 42.9 Å². The van der Waals surface area contributed by atoms with Crippen molar-refractivity contribution < 1.29 is 18.9 Å². The molecule has 0 unspecified atom stereocenters. The van der Waals surface area contributed by atoms with Crippen molar-refractivity contribution in [2.45, 2.75) is 39.5 Å². The second-order valence-corrected chi connectivity index (χ2v) is 8.22. The van der Waals surface area contributed by atoms with E-state index in [0.717, 1.165) is 43.3 Å². The summed E-state index contributed by atoms with van der Waals surface area (Å²) in [5, 5.41) is 7.16. The topological polar surface area (TPSA) is 95.8 Å². The number of urea groups is 1. The minimum Gasteiger partial charge on any atom is -0.354 e. The summed E-state index contributed by atoms with van der Waals surface area (Å²) >= 11 is 0. The summed E-state index contributed by atoms with van der Waals surface area (Å²) in [6, 6.07) is 5.47. The Morgan fingerprint density at radius 2 is 2.00 bits per heavy atom. The number of hydrogen-bond donors (Lipinski definition) is 1. The number of rotatable bonds is 4. The molecule has 0 spiro atoms. The highest BCUT2D eigenvalue weighted by atomic mass is 16.5. The second-order valence-electron chi connectivity index (χ2n) is 8.22. The molecule has 0 saturated carbocycles. The van der Waals surface area contributed by atoms with Crippen molar-refractivity contribution in [1.82, 2.24) is 15.4 Å². The molecule has 3 heterocycles. The smallest absolute Gasteiger partial charge is 0.329 e. The van der Waals surface area contributed by atoms with Crippen LogP contribution in [0.4, 0.5) is 10.6 Å². The predicted molar refractivity (Wildman–Crippen MR) is 107 cm³/mol. The van der Waals surface area contributed by atoms with Crippen LogP contribution in [0.5, 0.6) is 0 Å². The third-order valence-corrected chi connectivity index (χ3v) is 5.77. The number of aromatic nitrogens is 1. The lowest BCUT2D eigenvalue weighted by Crippen LogP contribution is -2.49. The Morgan fingerprint density at radius 1 is 1.24 bits per heavy atom. The zero-order valence-electron chi connectivity index (χ0n) is 16.8. The molecule has 2 saturated heterocycles. The van der Waals surface area contributed by atoms with Gasteiger partial charge in [-0.15, -0.1) is 0 Å². The van der Waals surface area contributed by atoms with Gasteiger partial charge in [-0.3, -0.25) is 19.8 Å². The minimum atomic E-state index is -0.468. The van der Waals surface area contributed by atoms with E-state index in [1.54, 1.807) is 0 Å². The van der Waals surface area contributed by atoms with Gasteiger partial charge in [0.1, 0.15) is 0 Å². The van der Waals surface area contributed by atoms with Gasteiger partial charge in [-0.1, -0.05) is 25.1 Å². The van der Waals surface area contributed by atoms with Crippen LogP contribution in [0, 0.1) is 11.8 Å². The Labute approximate surface area is 169 Å². The Balaban J connectivity index is 1.46. The summed E-state index contributed by atoms with van der Waals surface area (Å²) in [5.74, 6) is 0.967. The normalized spacial score (nSPS) is 18.6. The largest absolute Gasteiger partial charge is 0.354 e. The van der Waals surface area contributed by atoms with Gasteiger partial charge in [0.2, 0.25) is 11.8 Å². The zero-order chi connectivity index (χ0) is 20.5. The second kappa shape index (κ2) is 7.85. The van der Waals surface area contributed by atoms with E-state index in [2.05, 4.69) is 10.5 Å². The number of nitrogens with one attached hydrogen (secondary N) is 1. The fourth-order valence-corrected chi connectivity index (χ4v) is 4.12. The molecule has 0 atom stereocenters. The molecule has 0 aliphatic carbocycles. The van der Waals surface area contributed by atoms with Crippen molar-refractivity contribution in [3.63, 3.8) is 0 Å². The molecule has 154 valence electrons. The van der Waals surface area contributed by atoms with E-state index in [1.807, 2.05) is 36.9 Å². The first-order chi connectivity index (χ1) is 13.9. The van der Waals surface area contributed by atoms with Gasteiger partial charge in [0.15, 0.2) is 11.4 Å². The molecule has 8 heteroatoms. The first-order valence-corrected chi connectivity index (χ1v) is 10.2. The van der Waals surface area contributed by atoms with Crippen LogP contribution in [-0.2, 0) is 16.0 Å². The Bertz CT molecular complexity index is 943. The van der Waals surface area contributed by atoms with Crippen LogP contribution in [0.3, 0.4) is 0 Å². The van der Waals surface area contributed by atoms with E-state index in [9.17, 15) is 14.4 Å². The molecule has 2 aliphatic heterocycles. The maximum Gasteiger partial charge on any atom is 0.329 e. The highest BCUT2D eigenvalue weighted by Gasteiger charge is 2.29. The molecular formula is C21H26N4O4. The average Bonchev–Trinajstić information content (AvgIpc) is 3.11. The van der Waals surface area contributed by atoms with Gasteiger partial charge in [-0.25, -0.2) is 4.79 Å². The first-order valence-electron chi connectivity index (χ1n) is 10.2. The van der Waals surface area contributed by atoms with Gasteiger partial charge < -0.3 is 9.42 Å². The number of anilines is 1. The molecule has 8 nitrogen and oxygen atoms in total. The predicted octanol–water partition coefficient (Wildman–Crippen LogP) is 2.71. The van der Waals surface area contributed by atoms with Crippen LogP contribution < -0.4 is 10.2 Å². The van der Waals surface area contributed by atoms with Crippen molar-refractivity contribution in [3.05, 3.63) is 23.8 Å². The molecule has 0 bridgehead atoms. The number of piperidine rings is 1. The number of carbonyl (C=O) groups is 3. The maximum atomic E-state index is 12.2. The van der Waals surface area contributed by atoms with E-state index in [-0.39, 0.29) is 24.2 Å². The van der Waals surface area contributed by atoms with Crippen LogP contribution in [-0.4, -0.2) is 47.5 Å². The lowest BCUT2D eigenvalue weighted by atomic mass is 9.89. The molecular weight excluding hydrogens is 372 g/mol. The van der Waals surface area contributed by atoms with Crippen LogP contribution in [0.1, 0.15) is 38.7 Å². The number of hydrogen-bond acceptors (Lipinski definition) is 5. The molecule has 1 aromatic heterocycles. The fraction of sp³-hybridized carbons (Fsp3) is 0.524. The number of imide groups is 1. The highest BCUT2D eigenvalue weighted by Crippen LogP contribution is 2.30. The van der Waals surface area contributed by atoms with Gasteiger partial charge in [-0.2, -0.15) is 0 Å². The number of nitrogens with zero attached hydrogens (tertiary/aromatic N) is 3. The zero-order valence-corrected chi connectivity index (χ0v) is 16.8. The summed E-state index contributed by atoms with van der Waals surface area (Å²) in [6.07, 6.45) is 3.13. The van der Waals surface area contributed by atoms with Crippen molar-refractivity contribution in [2.75, 3.05) is 24.5 Å². The van der Waals surface area contributed by atoms with Crippen LogP contribution >= 0.6 is 0 Å². The summed E-state index contributed by atoms with van der Waals surface area (Å²) in [4.78, 5) is 39.2. The van der Waals surface area contributed by atoms with Crippen molar-refractivity contribution in [3.8, 4) is 0 Å². The van der Waals surface area contributed by atoms with Crippen molar-refractivity contribution >= 4 is 34.6 Å². The van der Waals surface area contributed by atoms with E-state index in [0.29, 0.717) is 23.9 Å². The molecule has 0 radical (unpaired) electrons. The minimum absolute atomic E-state index is 0.0447. The number of benzene rings is 1. The van der Waals surface area contributed by atoms with Gasteiger partial charge in [0.25, 0.3) is 0 Å². The monoisotopic (exact) mass is 398 g/mol. The Kier molecular flexibility index (Phi) is 5.25. The van der Waals surface area contributed by atoms with E-state index in [1.165, 1.54) is 4.90 Å². The molecule has 2 fully saturated rings. The molecule has 29 heavy (non-hydrogen) atoms. The molecule has 1 N–H and O–H groups in total. The summed E-state index contributed by atoms with van der Waals surface area (Å²) in [6.45, 7) is 5.80. The van der Waals surface area contributed by atoms with E-state index in [4.69, 9.17) is 4.52 Å². The van der Waals surface area contributed by atoms with Crippen molar-refractivity contribution in [1.29, 1.82) is 0 Å². The van der Waals surface area contributed by atoms with E-state index < -0.39 is 6.03 Å². The summed E-state index contributed by atoms with van der Waals surface area (Å²) in [7, 11) is 0. The average molecular weight is 398 g/mol. The van der Waals surface area contributed by atoms with Gasteiger partial charge in [0, 0.05) is 32.0 Å². The lowest BCUT2D eigenvalue weighted by Gasteiger charge is -2.33. The number of amides is 4. The maximum absolute atomic E-state index is 12.2. The Hall–Kier alpha value is -2.90. The quantitative estimate of drug-likeness (QED) is 0.854. The molecule has 4 amide bonds. The summed E-state index contributed by atoms with van der Waals surface area (Å²) < 4.78 is 5.38. The van der Waals surface area contributed by atoms with Crippen LogP contribution in [0.15, 0.2) is 22.7 Å². The van der Waals surface area contributed by atoms with Gasteiger partial charge >= 0.3 is 6.03 Å². The first kappa shape index (κ1) is 19.4. The molecule has 1 aromatic carbocycles. The standard InChI is InChI=1S/C21H26N4O4/c1-13(2)20(27)24-8-5-14(6-9-24)11-15-3-4-17-16(12-15)19(23-29-17)25-10-7-18(26)22-21(25)28/h3-4,12-14H,5-11H2,1-2H3,(H,22,26,28). The molecule has 2 aliphatic rings. The Morgan fingerprint density at radius 3 is 2.69 bits per heavy atom. The third-order valence-electron chi connectivity index (χ3n) is 5.77. The number of fused-ring (bicyclic) bond motifs is 1. The molecule has 4 rings (SSSR count). The number of likely N-dealkylation sites (tertiary alicyclic amines) is 1. The van der Waals surface area contributed by atoms with Gasteiger partial charge in [0.05, 0.1) is 5.39 Å². The van der Waals surface area contributed by atoms with E-state index >= 15 is 0 Å². The SMILES string of the molecule is CC(C)C(=O)N1CCC(Cc2ccc3onc(N4CCC(=O)NC4=O)c3c2)CC1. The van der Waals surface area contributed by atoms with Crippen LogP contribution in [0.25, 0.3) is 11.0 Å². The fourth-order valence-electron chi connectivity index (χ4n) is 4.12. The molecule has 2 aromatic rings. The number of carbonyl (C=O) groups excluding carboxylic acids is 3. The lowest BCUT2D eigenvalue weighted by molar-refractivity contribution is -0.135. The van der Waals surface area contributed by atoms with Crippen molar-refractivity contribution in [2.24, 2.45) is 11.8 Å². The third kappa shape index (κ3) is 3.97. The highest BCUT2D eigenvalue weighted by molar-refractivity contribution is 6.08. The summed E-state index contributed by atoms with van der Waals surface area (Å²) in [5.41, 5.74) is 1.77.